The second-order valence-electron chi connectivity index (χ2n) is 11.8. The van der Waals surface area contributed by atoms with Gasteiger partial charge in [0.05, 0.1) is 39.5 Å². The predicted octanol–water partition coefficient (Wildman–Crippen LogP) is 2.94. The number of aromatic hydroxyl groups is 1. The summed E-state index contributed by atoms with van der Waals surface area (Å²) in [5.74, 6) is -0.135. The first-order valence-corrected chi connectivity index (χ1v) is 14.6. The van der Waals surface area contributed by atoms with Crippen LogP contribution in [-0.2, 0) is 28.5 Å². The Kier molecular flexibility index (Phi) is 7.29. The van der Waals surface area contributed by atoms with Crippen molar-refractivity contribution in [2.75, 3.05) is 48.3 Å². The second-order valence-corrected chi connectivity index (χ2v) is 11.8. The number of ether oxygens (including phenoxy) is 9. The first-order valence-electron chi connectivity index (χ1n) is 14.6. The third-order valence-electron chi connectivity index (χ3n) is 9.29. The average molecular weight is 600 g/mol. The van der Waals surface area contributed by atoms with Crippen molar-refractivity contribution in [2.45, 2.75) is 56.2 Å². The zero-order valence-corrected chi connectivity index (χ0v) is 24.8. The van der Waals surface area contributed by atoms with E-state index in [4.69, 9.17) is 42.6 Å². The minimum atomic E-state index is -0.584. The van der Waals surface area contributed by atoms with Crippen LogP contribution in [0.25, 0.3) is 0 Å². The molecule has 0 spiro atoms. The van der Waals surface area contributed by atoms with Gasteiger partial charge in [0.1, 0.15) is 12.2 Å². The molecule has 3 fully saturated rings. The number of nitrogens with zero attached hydrogens (tertiary/aromatic N) is 1. The van der Waals surface area contributed by atoms with Crippen LogP contribution >= 0.6 is 0 Å². The number of rotatable bonds is 6. The summed E-state index contributed by atoms with van der Waals surface area (Å²) in [7, 11) is 6.99. The van der Waals surface area contributed by atoms with E-state index in [0.717, 1.165) is 16.7 Å². The number of likely N-dealkylation sites (N-methyl/N-ethyl adjacent to an activating group) is 1. The SMILES string of the molecule is COc1cc([C@@H]2c3cc4c(cc3[C@@H](O[C@H]3C[C@@H](N(C)C)[C@@H]5O[C@H](C)OC[C@H]5O3)[C@H]3COC(=O)[C@H]23)OCO4)cc(OC)c1O. The molecule has 0 saturated carbocycles. The maximum Gasteiger partial charge on any atom is 0.310 e. The minimum Gasteiger partial charge on any atom is -0.502 e. The molecule has 12 heteroatoms. The van der Waals surface area contributed by atoms with Gasteiger partial charge in [0.25, 0.3) is 0 Å². The van der Waals surface area contributed by atoms with E-state index in [2.05, 4.69) is 4.90 Å². The van der Waals surface area contributed by atoms with Gasteiger partial charge in [-0.25, -0.2) is 0 Å². The number of methoxy groups -OCH3 is 2. The molecular formula is C31H37NO11. The lowest BCUT2D eigenvalue weighted by molar-refractivity contribution is -0.330. The quantitative estimate of drug-likeness (QED) is 0.491. The van der Waals surface area contributed by atoms with Crippen molar-refractivity contribution in [3.8, 4) is 28.7 Å². The van der Waals surface area contributed by atoms with Gasteiger partial charge >= 0.3 is 5.97 Å². The van der Waals surface area contributed by atoms with Crippen LogP contribution in [0, 0.1) is 11.8 Å². The van der Waals surface area contributed by atoms with Crippen molar-refractivity contribution in [2.24, 2.45) is 11.8 Å². The van der Waals surface area contributed by atoms with Crippen LogP contribution in [0.4, 0.5) is 0 Å². The molecule has 9 atom stereocenters. The summed E-state index contributed by atoms with van der Waals surface area (Å²) in [6.07, 6.45) is -1.32. The highest BCUT2D eigenvalue weighted by Gasteiger charge is 2.55. The molecule has 5 aliphatic rings. The monoisotopic (exact) mass is 599 g/mol. The van der Waals surface area contributed by atoms with Crippen molar-refractivity contribution < 1.29 is 52.5 Å². The number of phenols is 1. The van der Waals surface area contributed by atoms with Crippen molar-refractivity contribution in [3.63, 3.8) is 0 Å². The van der Waals surface area contributed by atoms with Crippen LogP contribution in [0.5, 0.6) is 28.7 Å². The van der Waals surface area contributed by atoms with Gasteiger partial charge < -0.3 is 52.6 Å². The fourth-order valence-electron chi connectivity index (χ4n) is 7.25. The molecule has 2 aromatic rings. The smallest absolute Gasteiger partial charge is 0.310 e. The fraction of sp³-hybridized carbons (Fsp3) is 0.581. The van der Waals surface area contributed by atoms with Gasteiger partial charge in [-0.1, -0.05) is 0 Å². The first-order chi connectivity index (χ1) is 20.8. The van der Waals surface area contributed by atoms with Gasteiger partial charge in [0.2, 0.25) is 12.5 Å². The average Bonchev–Trinajstić information content (AvgIpc) is 3.62. The van der Waals surface area contributed by atoms with Gasteiger partial charge in [-0.3, -0.25) is 4.79 Å². The molecule has 4 heterocycles. The van der Waals surface area contributed by atoms with Gasteiger partial charge in [-0.2, -0.15) is 0 Å². The third kappa shape index (κ3) is 4.76. The summed E-state index contributed by atoms with van der Waals surface area (Å²) >= 11 is 0. The fourth-order valence-corrected chi connectivity index (χ4v) is 7.25. The molecule has 12 nitrogen and oxygen atoms in total. The number of phenolic OH excluding ortho intramolecular Hbond substituents is 1. The van der Waals surface area contributed by atoms with E-state index in [0.29, 0.717) is 24.5 Å². The van der Waals surface area contributed by atoms with E-state index in [9.17, 15) is 9.90 Å². The summed E-state index contributed by atoms with van der Waals surface area (Å²) in [5, 5.41) is 10.6. The molecule has 3 saturated heterocycles. The van der Waals surface area contributed by atoms with Gasteiger partial charge in [-0.15, -0.1) is 0 Å². The standard InChI is InChI=1S/C31H37NO11/c1-14-37-12-24-30(41-14)19(32(2)3)10-25(42-24)43-29-17-9-21-20(39-13-40-21)8-16(17)26(27-18(29)11-38-31(27)34)15-6-22(35-4)28(33)23(7-15)36-5/h6-9,14,18-19,24-27,29-30,33H,10-13H2,1-5H3/t14-,18+,19-,24-,25+,26-,27+,29-,30+/m1/s1. The van der Waals surface area contributed by atoms with Crippen LogP contribution in [0.15, 0.2) is 24.3 Å². The maximum atomic E-state index is 13.5. The molecular weight excluding hydrogens is 562 g/mol. The number of benzene rings is 2. The van der Waals surface area contributed by atoms with Crippen LogP contribution in [-0.4, -0.2) is 95.1 Å². The van der Waals surface area contributed by atoms with Crippen molar-refractivity contribution in [1.29, 1.82) is 0 Å². The molecule has 0 amide bonds. The molecule has 232 valence electrons. The summed E-state index contributed by atoms with van der Waals surface area (Å²) < 4.78 is 53.4. The zero-order valence-electron chi connectivity index (χ0n) is 24.8. The first kappa shape index (κ1) is 28.5. The number of hydrogen-bond acceptors (Lipinski definition) is 12. The van der Waals surface area contributed by atoms with Crippen molar-refractivity contribution in [3.05, 3.63) is 41.0 Å². The molecule has 1 N–H and O–H groups in total. The normalized spacial score (nSPS) is 34.3. The Morgan fingerprint density at radius 3 is 2.30 bits per heavy atom. The summed E-state index contributed by atoms with van der Waals surface area (Å²) in [5.41, 5.74) is 2.42. The Bertz CT molecular complexity index is 1370. The van der Waals surface area contributed by atoms with Gasteiger partial charge in [-0.05, 0) is 62.0 Å². The van der Waals surface area contributed by atoms with Gasteiger partial charge in [0, 0.05) is 24.3 Å². The molecule has 7 rings (SSSR count). The van der Waals surface area contributed by atoms with Crippen LogP contribution in [0.1, 0.15) is 42.1 Å². The molecule has 43 heavy (non-hydrogen) atoms. The lowest BCUT2D eigenvalue weighted by atomic mass is 9.66. The lowest BCUT2D eigenvalue weighted by Gasteiger charge is -2.48. The van der Waals surface area contributed by atoms with E-state index in [-0.39, 0.29) is 67.1 Å². The van der Waals surface area contributed by atoms with Crippen LogP contribution < -0.4 is 18.9 Å². The largest absolute Gasteiger partial charge is 0.502 e. The van der Waals surface area contributed by atoms with E-state index in [1.807, 2.05) is 33.2 Å². The molecule has 2 aromatic carbocycles. The number of carbonyl (C=O) groups excluding carboxylic acids is 1. The highest BCUT2D eigenvalue weighted by molar-refractivity contribution is 5.79. The summed E-state index contributed by atoms with van der Waals surface area (Å²) in [6, 6.07) is 7.36. The van der Waals surface area contributed by atoms with Gasteiger partial charge in [0.15, 0.2) is 35.6 Å². The van der Waals surface area contributed by atoms with Crippen LogP contribution in [0.2, 0.25) is 0 Å². The molecule has 0 aromatic heterocycles. The highest BCUT2D eigenvalue weighted by Crippen LogP contribution is 2.57. The highest BCUT2D eigenvalue weighted by atomic mass is 16.7. The Morgan fingerprint density at radius 1 is 0.930 bits per heavy atom. The van der Waals surface area contributed by atoms with Crippen LogP contribution in [0.3, 0.4) is 0 Å². The maximum absolute atomic E-state index is 13.5. The number of esters is 1. The molecule has 1 aliphatic carbocycles. The number of carbonyl (C=O) groups is 1. The Labute approximate surface area is 249 Å². The Morgan fingerprint density at radius 2 is 1.63 bits per heavy atom. The number of cyclic esters (lactones) is 1. The zero-order chi connectivity index (χ0) is 30.0. The number of hydrogen-bond donors (Lipinski definition) is 1. The van der Waals surface area contributed by atoms with E-state index >= 15 is 0 Å². The molecule has 0 unspecified atom stereocenters. The molecule has 4 aliphatic heterocycles. The molecule has 0 radical (unpaired) electrons. The molecule has 0 bridgehead atoms. The van der Waals surface area contributed by atoms with Crippen molar-refractivity contribution >= 4 is 5.97 Å². The predicted molar refractivity (Wildman–Crippen MR) is 148 cm³/mol. The van der Waals surface area contributed by atoms with Crippen molar-refractivity contribution in [1.82, 2.24) is 4.90 Å². The van der Waals surface area contributed by atoms with E-state index in [1.54, 1.807) is 12.1 Å². The summed E-state index contributed by atoms with van der Waals surface area (Å²) in [6.45, 7) is 2.57. The summed E-state index contributed by atoms with van der Waals surface area (Å²) in [4.78, 5) is 15.6. The second kappa shape index (κ2) is 11.0. The lowest BCUT2D eigenvalue weighted by Crippen LogP contribution is -2.60. The topological polar surface area (TPSA) is 124 Å². The van der Waals surface area contributed by atoms with E-state index in [1.165, 1.54) is 14.2 Å². The minimum absolute atomic E-state index is 0.0387. The Balaban J connectivity index is 1.30. The van der Waals surface area contributed by atoms with E-state index < -0.39 is 24.2 Å². The Hall–Kier alpha value is -3.29. The third-order valence-corrected chi connectivity index (χ3v) is 9.29. The number of fused-ring (bicyclic) bond motifs is 4.